The Hall–Kier alpha value is -2.43. The third-order valence-electron chi connectivity index (χ3n) is 4.37. The van der Waals surface area contributed by atoms with E-state index >= 15 is 0 Å². The summed E-state index contributed by atoms with van der Waals surface area (Å²) >= 11 is 0. The van der Waals surface area contributed by atoms with Gasteiger partial charge < -0.3 is 9.42 Å². The predicted molar refractivity (Wildman–Crippen MR) is 96.9 cm³/mol. The number of carbonyl (C=O) groups is 1. The summed E-state index contributed by atoms with van der Waals surface area (Å²) in [7, 11) is 0. The summed E-state index contributed by atoms with van der Waals surface area (Å²) in [6.45, 7) is 5.69. The van der Waals surface area contributed by atoms with Crippen LogP contribution in [0, 0.1) is 5.92 Å². The molecule has 1 aliphatic rings. The van der Waals surface area contributed by atoms with Crippen molar-refractivity contribution >= 4 is 12.0 Å². The molecular formula is C20H25N3O2. The Morgan fingerprint density at radius 1 is 1.36 bits per heavy atom. The topological polar surface area (TPSA) is 59.2 Å². The minimum atomic E-state index is 0.0375. The highest BCUT2D eigenvalue weighted by Crippen LogP contribution is 2.26. The number of carbonyl (C=O) groups excluding carboxylic acids is 1. The number of amides is 1. The molecule has 0 spiro atoms. The highest BCUT2D eigenvalue weighted by molar-refractivity contribution is 5.91. The molecule has 0 radical (unpaired) electrons. The van der Waals surface area contributed by atoms with Crippen molar-refractivity contribution in [2.24, 2.45) is 5.92 Å². The zero-order valence-corrected chi connectivity index (χ0v) is 14.9. The van der Waals surface area contributed by atoms with Crippen molar-refractivity contribution in [1.82, 2.24) is 15.0 Å². The molecule has 1 amide bonds. The molecular weight excluding hydrogens is 314 g/mol. The average molecular weight is 339 g/mol. The number of aromatic nitrogens is 2. The molecule has 2 aromatic rings. The summed E-state index contributed by atoms with van der Waals surface area (Å²) < 4.78 is 5.45. The molecule has 0 N–H and O–H groups in total. The third-order valence-corrected chi connectivity index (χ3v) is 4.37. The molecule has 1 aliphatic heterocycles. The fourth-order valence-corrected chi connectivity index (χ4v) is 3.10. The van der Waals surface area contributed by atoms with Gasteiger partial charge in [0.15, 0.2) is 5.82 Å². The molecule has 1 saturated heterocycles. The van der Waals surface area contributed by atoms with Crippen LogP contribution < -0.4 is 0 Å². The average Bonchev–Trinajstić information content (AvgIpc) is 3.08. The minimum Gasteiger partial charge on any atom is -0.339 e. The fourth-order valence-electron chi connectivity index (χ4n) is 3.10. The van der Waals surface area contributed by atoms with Crippen LogP contribution in [-0.2, 0) is 11.2 Å². The van der Waals surface area contributed by atoms with E-state index in [1.54, 1.807) is 6.08 Å². The summed E-state index contributed by atoms with van der Waals surface area (Å²) in [4.78, 5) is 18.9. The van der Waals surface area contributed by atoms with Gasteiger partial charge in [0.05, 0.1) is 5.92 Å². The normalized spacial score (nSPS) is 18.2. The van der Waals surface area contributed by atoms with Crippen LogP contribution >= 0.6 is 0 Å². The minimum absolute atomic E-state index is 0.0375. The van der Waals surface area contributed by atoms with Crippen molar-refractivity contribution in [3.63, 3.8) is 0 Å². The summed E-state index contributed by atoms with van der Waals surface area (Å²) in [5.74, 6) is 2.10. The first-order chi connectivity index (χ1) is 12.1. The van der Waals surface area contributed by atoms with Gasteiger partial charge >= 0.3 is 0 Å². The van der Waals surface area contributed by atoms with Crippen LogP contribution in [0.25, 0.3) is 6.08 Å². The second-order valence-corrected chi connectivity index (χ2v) is 7.01. The largest absolute Gasteiger partial charge is 0.339 e. The monoisotopic (exact) mass is 339 g/mol. The molecule has 1 aromatic carbocycles. The summed E-state index contributed by atoms with van der Waals surface area (Å²) in [6, 6.07) is 9.86. The Morgan fingerprint density at radius 3 is 2.92 bits per heavy atom. The van der Waals surface area contributed by atoms with E-state index in [9.17, 15) is 4.79 Å². The van der Waals surface area contributed by atoms with Gasteiger partial charge in [0.1, 0.15) is 0 Å². The molecule has 3 rings (SSSR count). The molecule has 5 heteroatoms. The maximum absolute atomic E-state index is 12.5. The molecule has 1 atom stereocenters. The zero-order chi connectivity index (χ0) is 17.6. The molecule has 0 saturated carbocycles. The number of benzene rings is 1. The van der Waals surface area contributed by atoms with Gasteiger partial charge in [0.2, 0.25) is 11.8 Å². The van der Waals surface area contributed by atoms with Crippen LogP contribution in [-0.4, -0.2) is 34.0 Å². The molecule has 5 nitrogen and oxygen atoms in total. The first kappa shape index (κ1) is 17.4. The highest BCUT2D eigenvalue weighted by Gasteiger charge is 2.27. The maximum atomic E-state index is 12.5. The van der Waals surface area contributed by atoms with E-state index in [1.807, 2.05) is 41.3 Å². The van der Waals surface area contributed by atoms with Crippen molar-refractivity contribution in [3.05, 3.63) is 53.7 Å². The number of likely N-dealkylation sites (tertiary alicyclic amines) is 1. The molecule has 132 valence electrons. The number of rotatable bonds is 5. The third kappa shape index (κ3) is 4.78. The van der Waals surface area contributed by atoms with Gasteiger partial charge in [0, 0.05) is 25.6 Å². The van der Waals surface area contributed by atoms with E-state index in [1.165, 1.54) is 0 Å². The first-order valence-corrected chi connectivity index (χ1v) is 8.96. The van der Waals surface area contributed by atoms with Crippen LogP contribution in [0.5, 0.6) is 0 Å². The van der Waals surface area contributed by atoms with E-state index in [-0.39, 0.29) is 11.8 Å². The number of piperidine rings is 1. The highest BCUT2D eigenvalue weighted by atomic mass is 16.5. The van der Waals surface area contributed by atoms with E-state index in [2.05, 4.69) is 24.0 Å². The summed E-state index contributed by atoms with van der Waals surface area (Å²) in [5.41, 5.74) is 1.03. The van der Waals surface area contributed by atoms with Crippen LogP contribution in [0.3, 0.4) is 0 Å². The molecule has 1 fully saturated rings. The second-order valence-electron chi connectivity index (χ2n) is 7.01. The second kappa shape index (κ2) is 8.10. The van der Waals surface area contributed by atoms with Gasteiger partial charge in [-0.15, -0.1) is 0 Å². The summed E-state index contributed by atoms with van der Waals surface area (Å²) in [6.07, 6.45) is 6.26. The molecule has 1 unspecified atom stereocenters. The van der Waals surface area contributed by atoms with E-state index in [0.29, 0.717) is 18.4 Å². The van der Waals surface area contributed by atoms with E-state index < -0.39 is 0 Å². The molecule has 1 aromatic heterocycles. The lowest BCUT2D eigenvalue weighted by molar-refractivity contribution is -0.127. The van der Waals surface area contributed by atoms with Gasteiger partial charge in [-0.25, -0.2) is 0 Å². The van der Waals surface area contributed by atoms with Crippen molar-refractivity contribution in [2.75, 3.05) is 13.1 Å². The van der Waals surface area contributed by atoms with Gasteiger partial charge in [-0.3, -0.25) is 4.79 Å². The maximum Gasteiger partial charge on any atom is 0.246 e. The van der Waals surface area contributed by atoms with E-state index in [4.69, 9.17) is 4.52 Å². The van der Waals surface area contributed by atoms with E-state index in [0.717, 1.165) is 37.2 Å². The van der Waals surface area contributed by atoms with Gasteiger partial charge in [-0.2, -0.15) is 4.98 Å². The molecule has 25 heavy (non-hydrogen) atoms. The molecule has 0 aliphatic carbocycles. The SMILES string of the molecule is CC(C)Cc1noc(C2CCCN(C(=O)/C=C/c3ccccc3)C2)n1. The fraction of sp³-hybridized carbons (Fsp3) is 0.450. The lowest BCUT2D eigenvalue weighted by atomic mass is 9.98. The smallest absolute Gasteiger partial charge is 0.246 e. The number of nitrogens with zero attached hydrogens (tertiary/aromatic N) is 3. The summed E-state index contributed by atoms with van der Waals surface area (Å²) in [5, 5.41) is 4.07. The Labute approximate surface area is 148 Å². The molecule has 0 bridgehead atoms. The Balaban J connectivity index is 1.61. The van der Waals surface area contributed by atoms with Crippen LogP contribution in [0.2, 0.25) is 0 Å². The van der Waals surface area contributed by atoms with Crippen LogP contribution in [0.15, 0.2) is 40.9 Å². The number of hydrogen-bond donors (Lipinski definition) is 0. The van der Waals surface area contributed by atoms with Crippen LogP contribution in [0.1, 0.15) is 49.9 Å². The first-order valence-electron chi connectivity index (χ1n) is 8.96. The number of hydrogen-bond acceptors (Lipinski definition) is 4. The zero-order valence-electron chi connectivity index (χ0n) is 14.9. The lowest BCUT2D eigenvalue weighted by Crippen LogP contribution is -2.38. The predicted octanol–water partition coefficient (Wildman–Crippen LogP) is 3.69. The van der Waals surface area contributed by atoms with Crippen molar-refractivity contribution in [3.8, 4) is 0 Å². The standard InChI is InChI=1S/C20H25N3O2/c1-15(2)13-18-21-20(25-22-18)17-9-6-12-23(14-17)19(24)11-10-16-7-4-3-5-8-16/h3-5,7-8,10-11,15,17H,6,9,12-14H2,1-2H3/b11-10+. The van der Waals surface area contributed by atoms with Crippen molar-refractivity contribution in [2.45, 2.75) is 39.0 Å². The Morgan fingerprint density at radius 2 is 2.16 bits per heavy atom. The quantitative estimate of drug-likeness (QED) is 0.780. The Bertz CT molecular complexity index is 722. The van der Waals surface area contributed by atoms with Crippen LogP contribution in [0.4, 0.5) is 0 Å². The lowest BCUT2D eigenvalue weighted by Gasteiger charge is -2.30. The van der Waals surface area contributed by atoms with Gasteiger partial charge in [-0.1, -0.05) is 49.3 Å². The molecule has 2 heterocycles. The Kier molecular flexibility index (Phi) is 5.64. The van der Waals surface area contributed by atoms with Crippen molar-refractivity contribution < 1.29 is 9.32 Å². The van der Waals surface area contributed by atoms with Gasteiger partial charge in [-0.05, 0) is 30.4 Å². The van der Waals surface area contributed by atoms with Crippen molar-refractivity contribution in [1.29, 1.82) is 0 Å². The van der Waals surface area contributed by atoms with Gasteiger partial charge in [0.25, 0.3) is 0 Å².